The Hall–Kier alpha value is -3.17. The van der Waals surface area contributed by atoms with Gasteiger partial charge in [0.1, 0.15) is 11.9 Å². The number of carboxylic acid groups (broad SMARTS) is 1. The van der Waals surface area contributed by atoms with E-state index in [1.807, 2.05) is 12.1 Å². The molecule has 0 radical (unpaired) electrons. The van der Waals surface area contributed by atoms with Crippen LogP contribution >= 0.6 is 0 Å². The maximum atomic E-state index is 12.8. The SMILES string of the molecule is O=C(N[C@@H](CCN1CC[C@H](CCc2ccc3c(n2)NCCC3)C1)C(=O)O)c1ccc(N2CCOCC2)cc1. The lowest BCUT2D eigenvalue weighted by molar-refractivity contribution is -0.139. The fraction of sp³-hybridized carbons (Fsp3) is 0.552. The quantitative estimate of drug-likeness (QED) is 0.438. The highest BCUT2D eigenvalue weighted by molar-refractivity contribution is 5.96. The molecule has 9 nitrogen and oxygen atoms in total. The van der Waals surface area contributed by atoms with E-state index >= 15 is 0 Å². The fourth-order valence-corrected chi connectivity index (χ4v) is 5.67. The van der Waals surface area contributed by atoms with E-state index in [1.165, 1.54) is 12.0 Å². The van der Waals surface area contributed by atoms with Crippen LogP contribution in [0.15, 0.2) is 36.4 Å². The number of hydrogen-bond donors (Lipinski definition) is 3. The number of anilines is 2. The number of morpholine rings is 1. The van der Waals surface area contributed by atoms with E-state index in [-0.39, 0.29) is 5.91 Å². The van der Waals surface area contributed by atoms with E-state index in [9.17, 15) is 14.7 Å². The van der Waals surface area contributed by atoms with Crippen LogP contribution in [0.4, 0.5) is 11.5 Å². The number of nitrogens with zero attached hydrogens (tertiary/aromatic N) is 3. The Morgan fingerprint density at radius 2 is 1.95 bits per heavy atom. The summed E-state index contributed by atoms with van der Waals surface area (Å²) in [7, 11) is 0. The van der Waals surface area contributed by atoms with E-state index in [0.717, 1.165) is 75.6 Å². The highest BCUT2D eigenvalue weighted by Gasteiger charge is 2.26. The van der Waals surface area contributed by atoms with Gasteiger partial charge in [-0.1, -0.05) is 6.07 Å². The number of carbonyl (C=O) groups excluding carboxylic acids is 1. The van der Waals surface area contributed by atoms with Crippen molar-refractivity contribution in [2.45, 2.75) is 44.6 Å². The van der Waals surface area contributed by atoms with Gasteiger partial charge in [0.15, 0.2) is 0 Å². The van der Waals surface area contributed by atoms with Crippen molar-refractivity contribution in [3.8, 4) is 0 Å². The lowest BCUT2D eigenvalue weighted by Gasteiger charge is -2.28. The van der Waals surface area contributed by atoms with Crippen molar-refractivity contribution in [2.24, 2.45) is 5.92 Å². The van der Waals surface area contributed by atoms with Gasteiger partial charge in [-0.3, -0.25) is 4.79 Å². The van der Waals surface area contributed by atoms with Gasteiger partial charge in [-0.15, -0.1) is 0 Å². The number of rotatable bonds is 10. The van der Waals surface area contributed by atoms with Crippen LogP contribution in [-0.2, 0) is 22.4 Å². The molecule has 1 aromatic heterocycles. The number of carboxylic acids is 1. The Balaban J connectivity index is 1.06. The zero-order chi connectivity index (χ0) is 26.3. The highest BCUT2D eigenvalue weighted by Crippen LogP contribution is 2.24. The molecule has 3 aliphatic rings. The number of likely N-dealkylation sites (tertiary alicyclic amines) is 1. The summed E-state index contributed by atoms with van der Waals surface area (Å²) in [6.45, 7) is 6.64. The maximum Gasteiger partial charge on any atom is 0.326 e. The van der Waals surface area contributed by atoms with E-state index in [4.69, 9.17) is 9.72 Å². The first-order valence-electron chi connectivity index (χ1n) is 14.0. The molecule has 5 rings (SSSR count). The zero-order valence-corrected chi connectivity index (χ0v) is 22.0. The predicted molar refractivity (Wildman–Crippen MR) is 147 cm³/mol. The second kappa shape index (κ2) is 12.6. The molecular weight excluding hydrogens is 482 g/mol. The summed E-state index contributed by atoms with van der Waals surface area (Å²) < 4.78 is 5.39. The van der Waals surface area contributed by atoms with Crippen LogP contribution in [0, 0.1) is 5.92 Å². The number of hydrogen-bond acceptors (Lipinski definition) is 7. The van der Waals surface area contributed by atoms with Crippen LogP contribution in [0.3, 0.4) is 0 Å². The Labute approximate surface area is 224 Å². The molecule has 4 heterocycles. The van der Waals surface area contributed by atoms with E-state index in [1.54, 1.807) is 12.1 Å². The lowest BCUT2D eigenvalue weighted by Crippen LogP contribution is -2.43. The van der Waals surface area contributed by atoms with Crippen LogP contribution < -0.4 is 15.5 Å². The molecule has 0 saturated carbocycles. The van der Waals surface area contributed by atoms with Crippen LogP contribution in [-0.4, -0.2) is 85.4 Å². The molecule has 3 aliphatic heterocycles. The molecule has 3 N–H and O–H groups in total. The number of benzene rings is 1. The van der Waals surface area contributed by atoms with Crippen molar-refractivity contribution in [2.75, 3.05) is 62.7 Å². The van der Waals surface area contributed by atoms with Gasteiger partial charge in [-0.05, 0) is 86.9 Å². The number of pyridine rings is 1. The summed E-state index contributed by atoms with van der Waals surface area (Å²) in [6.07, 6.45) is 5.82. The summed E-state index contributed by atoms with van der Waals surface area (Å²) in [5.74, 6) is 0.295. The molecule has 9 heteroatoms. The number of carbonyl (C=O) groups is 2. The smallest absolute Gasteiger partial charge is 0.326 e. The van der Waals surface area contributed by atoms with Crippen LogP contribution in [0.1, 0.15) is 47.3 Å². The molecule has 1 aromatic carbocycles. The molecule has 204 valence electrons. The minimum Gasteiger partial charge on any atom is -0.480 e. The number of aryl methyl sites for hydroxylation is 2. The second-order valence-electron chi connectivity index (χ2n) is 10.6. The highest BCUT2D eigenvalue weighted by atomic mass is 16.5. The molecule has 2 fully saturated rings. The van der Waals surface area contributed by atoms with Crippen molar-refractivity contribution >= 4 is 23.4 Å². The fourth-order valence-electron chi connectivity index (χ4n) is 5.67. The summed E-state index contributed by atoms with van der Waals surface area (Å²) >= 11 is 0. The van der Waals surface area contributed by atoms with Crippen LogP contribution in [0.5, 0.6) is 0 Å². The van der Waals surface area contributed by atoms with E-state index < -0.39 is 12.0 Å². The normalized spacial score (nSPS) is 20.4. The maximum absolute atomic E-state index is 12.8. The van der Waals surface area contributed by atoms with Gasteiger partial charge in [-0.25, -0.2) is 9.78 Å². The van der Waals surface area contributed by atoms with Crippen LogP contribution in [0.2, 0.25) is 0 Å². The molecule has 0 aliphatic carbocycles. The number of ether oxygens (including phenoxy) is 1. The summed E-state index contributed by atoms with van der Waals surface area (Å²) in [4.78, 5) is 34.0. The third-order valence-electron chi connectivity index (χ3n) is 7.97. The first-order chi connectivity index (χ1) is 18.5. The van der Waals surface area contributed by atoms with Gasteiger partial charge in [0, 0.05) is 49.7 Å². The number of amides is 1. The van der Waals surface area contributed by atoms with E-state index in [0.29, 0.717) is 37.7 Å². The van der Waals surface area contributed by atoms with E-state index in [2.05, 4.69) is 32.6 Å². The molecule has 0 bridgehead atoms. The molecule has 0 unspecified atom stereocenters. The third kappa shape index (κ3) is 6.82. The number of aromatic nitrogens is 1. The van der Waals surface area contributed by atoms with Gasteiger partial charge in [0.05, 0.1) is 13.2 Å². The van der Waals surface area contributed by atoms with Crippen molar-refractivity contribution < 1.29 is 19.4 Å². The third-order valence-corrected chi connectivity index (χ3v) is 7.97. The molecule has 38 heavy (non-hydrogen) atoms. The molecule has 1 amide bonds. The monoisotopic (exact) mass is 521 g/mol. The Kier molecular flexibility index (Phi) is 8.75. The van der Waals surface area contributed by atoms with Gasteiger partial charge in [0.2, 0.25) is 0 Å². The Morgan fingerprint density at radius 3 is 2.74 bits per heavy atom. The minimum atomic E-state index is -0.994. The predicted octanol–water partition coefficient (Wildman–Crippen LogP) is 2.80. The second-order valence-corrected chi connectivity index (χ2v) is 10.6. The Morgan fingerprint density at radius 1 is 1.13 bits per heavy atom. The van der Waals surface area contributed by atoms with Gasteiger partial charge >= 0.3 is 5.97 Å². The topological polar surface area (TPSA) is 107 Å². The Bertz CT molecular complexity index is 1100. The van der Waals surface area contributed by atoms with Crippen LogP contribution in [0.25, 0.3) is 0 Å². The molecule has 2 atom stereocenters. The number of aliphatic carboxylic acids is 1. The first kappa shape index (κ1) is 26.4. The molecule has 2 saturated heterocycles. The largest absolute Gasteiger partial charge is 0.480 e. The molecule has 0 spiro atoms. The minimum absolute atomic E-state index is 0.350. The van der Waals surface area contributed by atoms with Crippen molar-refractivity contribution in [3.05, 3.63) is 53.2 Å². The van der Waals surface area contributed by atoms with Gasteiger partial charge in [0.25, 0.3) is 5.91 Å². The summed E-state index contributed by atoms with van der Waals surface area (Å²) in [5.41, 5.74) is 3.98. The molecule has 2 aromatic rings. The first-order valence-corrected chi connectivity index (χ1v) is 14.0. The summed E-state index contributed by atoms with van der Waals surface area (Å²) in [6, 6.07) is 10.8. The van der Waals surface area contributed by atoms with Gasteiger partial charge < -0.3 is 30.3 Å². The summed E-state index contributed by atoms with van der Waals surface area (Å²) in [5, 5.41) is 15.9. The number of fused-ring (bicyclic) bond motifs is 1. The van der Waals surface area contributed by atoms with Crippen molar-refractivity contribution in [1.29, 1.82) is 0 Å². The van der Waals surface area contributed by atoms with Gasteiger partial charge in [-0.2, -0.15) is 0 Å². The average Bonchev–Trinajstić information content (AvgIpc) is 3.42. The molecular formula is C29H39N5O4. The lowest BCUT2D eigenvalue weighted by atomic mass is 10.00. The average molecular weight is 522 g/mol. The zero-order valence-electron chi connectivity index (χ0n) is 22.0. The number of nitrogens with one attached hydrogen (secondary N) is 2. The standard InChI is InChI=1S/C29H39N5O4/c35-28(23-5-9-25(10-6-23)34-16-18-38-19-17-34)32-26(29(36)37)12-15-33-14-11-21(20-33)3-7-24-8-4-22-2-1-13-30-27(22)31-24/h4-6,8-10,21,26H,1-3,7,11-20H2,(H,30,31)(H,32,35)(H,36,37)/t21-,26-/m0/s1. The van der Waals surface area contributed by atoms with Crippen molar-refractivity contribution in [3.63, 3.8) is 0 Å². The van der Waals surface area contributed by atoms with Crippen molar-refractivity contribution in [1.82, 2.24) is 15.2 Å².